The van der Waals surface area contributed by atoms with Crippen molar-refractivity contribution in [2.45, 2.75) is 53.0 Å². The summed E-state index contributed by atoms with van der Waals surface area (Å²) in [5.74, 6) is -0.702. The van der Waals surface area contributed by atoms with Crippen molar-refractivity contribution in [3.63, 3.8) is 0 Å². The third-order valence-corrected chi connectivity index (χ3v) is 3.13. The van der Waals surface area contributed by atoms with Crippen LogP contribution in [0.2, 0.25) is 0 Å². The number of carbonyl (C=O) groups is 2. The van der Waals surface area contributed by atoms with Crippen LogP contribution in [-0.2, 0) is 9.59 Å². The second-order valence-electron chi connectivity index (χ2n) is 6.22. The lowest BCUT2D eigenvalue weighted by Gasteiger charge is -2.30. The molecule has 1 rings (SSSR count). The Morgan fingerprint density at radius 1 is 1.53 bits per heavy atom. The van der Waals surface area contributed by atoms with Crippen LogP contribution in [0.3, 0.4) is 0 Å². The van der Waals surface area contributed by atoms with Crippen molar-refractivity contribution < 1.29 is 14.7 Å². The molecule has 0 aromatic rings. The first-order valence-corrected chi connectivity index (χ1v) is 6.48. The van der Waals surface area contributed by atoms with Crippen molar-refractivity contribution in [2.75, 3.05) is 0 Å². The van der Waals surface area contributed by atoms with Gasteiger partial charge in [0.05, 0.1) is 12.0 Å². The van der Waals surface area contributed by atoms with E-state index in [1.807, 2.05) is 0 Å². The number of Topliss-reactive ketones (excluding diaryl/α,β-unsaturated/α-hetero) is 1. The summed E-state index contributed by atoms with van der Waals surface area (Å²) in [7, 11) is 0. The summed E-state index contributed by atoms with van der Waals surface area (Å²) in [6.07, 6.45) is 1.99. The predicted molar refractivity (Wildman–Crippen MR) is 72.2 cm³/mol. The molecule has 19 heavy (non-hydrogen) atoms. The van der Waals surface area contributed by atoms with E-state index in [9.17, 15) is 9.59 Å². The minimum absolute atomic E-state index is 0.0208. The van der Waals surface area contributed by atoms with E-state index >= 15 is 0 Å². The van der Waals surface area contributed by atoms with Gasteiger partial charge in [-0.25, -0.2) is 0 Å². The van der Waals surface area contributed by atoms with Gasteiger partial charge < -0.3 is 10.8 Å². The number of nitriles is 1. The normalized spacial score (nSPS) is 23.0. The van der Waals surface area contributed by atoms with Gasteiger partial charge in [0.25, 0.3) is 0 Å². The van der Waals surface area contributed by atoms with E-state index in [2.05, 4.69) is 19.9 Å². The molecule has 2 atom stereocenters. The number of hydrogen-bond acceptors (Lipinski definition) is 4. The molecule has 0 bridgehead atoms. The summed E-state index contributed by atoms with van der Waals surface area (Å²) in [4.78, 5) is 21.1. The molecule has 5 heteroatoms. The molecule has 1 unspecified atom stereocenters. The molecule has 108 valence electrons. The van der Waals surface area contributed by atoms with Crippen molar-refractivity contribution in [3.05, 3.63) is 0 Å². The van der Waals surface area contributed by atoms with E-state index in [0.29, 0.717) is 12.8 Å². The number of carboxylic acid groups (broad SMARTS) is 1. The van der Waals surface area contributed by atoms with Gasteiger partial charge in [0.15, 0.2) is 0 Å². The standard InChI is InChI=1S/C9H13NO.C5H11NO2/c1-9(2)4-7(6-10)3-8(11)5-9;1-3(2)4(6)5(7)8/h7H,3-5H2,1-2H3;3-4H,6H2,1-2H3,(H,7,8)/t;4-/m.0/s1. The molecule has 1 fully saturated rings. The summed E-state index contributed by atoms with van der Waals surface area (Å²) < 4.78 is 0. The lowest BCUT2D eigenvalue weighted by atomic mass is 9.72. The van der Waals surface area contributed by atoms with Crippen LogP contribution in [0.1, 0.15) is 47.0 Å². The van der Waals surface area contributed by atoms with Gasteiger partial charge in [-0.3, -0.25) is 9.59 Å². The fourth-order valence-electron chi connectivity index (χ4n) is 2.07. The molecule has 0 aliphatic heterocycles. The number of ketones is 1. The van der Waals surface area contributed by atoms with Gasteiger partial charge in [0, 0.05) is 12.8 Å². The molecule has 0 radical (unpaired) electrons. The fourth-order valence-corrected chi connectivity index (χ4v) is 2.07. The van der Waals surface area contributed by atoms with E-state index in [1.165, 1.54) is 0 Å². The molecule has 3 N–H and O–H groups in total. The zero-order valence-electron chi connectivity index (χ0n) is 12.1. The largest absolute Gasteiger partial charge is 0.480 e. The molecule has 0 heterocycles. The van der Waals surface area contributed by atoms with Gasteiger partial charge in [-0.1, -0.05) is 27.7 Å². The molecule has 0 aromatic carbocycles. The van der Waals surface area contributed by atoms with Crippen molar-refractivity contribution in [1.82, 2.24) is 0 Å². The summed E-state index contributed by atoms with van der Waals surface area (Å²) in [5, 5.41) is 16.9. The Kier molecular flexibility index (Phi) is 6.71. The first kappa shape index (κ1) is 17.6. The van der Waals surface area contributed by atoms with Crippen LogP contribution in [-0.4, -0.2) is 22.9 Å². The van der Waals surface area contributed by atoms with Crippen LogP contribution in [0.15, 0.2) is 0 Å². The topological polar surface area (TPSA) is 104 Å². The monoisotopic (exact) mass is 268 g/mol. The van der Waals surface area contributed by atoms with Crippen LogP contribution in [0, 0.1) is 28.6 Å². The minimum Gasteiger partial charge on any atom is -0.480 e. The van der Waals surface area contributed by atoms with Gasteiger partial charge in [0.1, 0.15) is 11.8 Å². The molecule has 0 spiro atoms. The van der Waals surface area contributed by atoms with E-state index in [1.54, 1.807) is 13.8 Å². The van der Waals surface area contributed by atoms with Gasteiger partial charge in [-0.05, 0) is 17.8 Å². The highest BCUT2D eigenvalue weighted by Gasteiger charge is 2.32. The molecule has 0 aromatic heterocycles. The lowest BCUT2D eigenvalue weighted by molar-refractivity contribution is -0.139. The molecule has 0 amide bonds. The maximum absolute atomic E-state index is 11.1. The Balaban J connectivity index is 0.000000362. The number of rotatable bonds is 2. The number of carboxylic acids is 1. The molecule has 1 aliphatic rings. The van der Waals surface area contributed by atoms with Gasteiger partial charge in [-0.2, -0.15) is 5.26 Å². The summed E-state index contributed by atoms with van der Waals surface area (Å²) >= 11 is 0. The van der Waals surface area contributed by atoms with Crippen molar-refractivity contribution >= 4 is 11.8 Å². The summed E-state index contributed by atoms with van der Waals surface area (Å²) in [5.41, 5.74) is 5.21. The number of hydrogen-bond donors (Lipinski definition) is 2. The second kappa shape index (κ2) is 7.25. The van der Waals surface area contributed by atoms with Gasteiger partial charge in [-0.15, -0.1) is 0 Å². The molecular weight excluding hydrogens is 244 g/mol. The minimum atomic E-state index is -0.931. The first-order chi connectivity index (χ1) is 8.59. The summed E-state index contributed by atoms with van der Waals surface area (Å²) in [6, 6.07) is 1.46. The third-order valence-electron chi connectivity index (χ3n) is 3.13. The maximum atomic E-state index is 11.1. The highest BCUT2D eigenvalue weighted by Crippen LogP contribution is 2.36. The van der Waals surface area contributed by atoms with Crippen LogP contribution in [0.25, 0.3) is 0 Å². The second-order valence-corrected chi connectivity index (χ2v) is 6.22. The van der Waals surface area contributed by atoms with Crippen LogP contribution in [0.5, 0.6) is 0 Å². The molecular formula is C14H24N2O3. The Morgan fingerprint density at radius 3 is 2.32 bits per heavy atom. The highest BCUT2D eigenvalue weighted by molar-refractivity contribution is 5.80. The Morgan fingerprint density at radius 2 is 2.05 bits per heavy atom. The average Bonchev–Trinajstić information content (AvgIpc) is 2.25. The van der Waals surface area contributed by atoms with Crippen LogP contribution in [0.4, 0.5) is 0 Å². The Labute approximate surface area is 114 Å². The predicted octanol–water partition coefficient (Wildman–Crippen LogP) is 1.96. The Hall–Kier alpha value is -1.41. The lowest BCUT2D eigenvalue weighted by Crippen LogP contribution is -2.34. The van der Waals surface area contributed by atoms with Crippen molar-refractivity contribution in [3.8, 4) is 6.07 Å². The number of nitrogens with two attached hydrogens (primary N) is 1. The fraction of sp³-hybridized carbons (Fsp3) is 0.786. The zero-order chi connectivity index (χ0) is 15.2. The van der Waals surface area contributed by atoms with Crippen molar-refractivity contribution in [1.29, 1.82) is 5.26 Å². The summed E-state index contributed by atoms with van der Waals surface area (Å²) in [6.45, 7) is 7.65. The van der Waals surface area contributed by atoms with Crippen molar-refractivity contribution in [2.24, 2.45) is 23.0 Å². The van der Waals surface area contributed by atoms with Gasteiger partial charge in [0.2, 0.25) is 0 Å². The zero-order valence-corrected chi connectivity index (χ0v) is 12.1. The molecule has 0 saturated heterocycles. The van der Waals surface area contributed by atoms with Crippen LogP contribution < -0.4 is 5.73 Å². The quantitative estimate of drug-likeness (QED) is 0.796. The van der Waals surface area contributed by atoms with E-state index in [4.69, 9.17) is 16.1 Å². The van der Waals surface area contributed by atoms with Crippen LogP contribution >= 0.6 is 0 Å². The first-order valence-electron chi connectivity index (χ1n) is 6.48. The van der Waals surface area contributed by atoms with E-state index < -0.39 is 12.0 Å². The highest BCUT2D eigenvalue weighted by atomic mass is 16.4. The molecule has 5 nitrogen and oxygen atoms in total. The SMILES string of the molecule is CC(C)[C@H](N)C(=O)O.CC1(C)CC(=O)CC(C#N)C1. The smallest absolute Gasteiger partial charge is 0.320 e. The van der Waals surface area contributed by atoms with E-state index in [0.717, 1.165) is 6.42 Å². The van der Waals surface area contributed by atoms with E-state index in [-0.39, 0.29) is 23.0 Å². The number of carbonyl (C=O) groups excluding carboxylic acids is 1. The number of aliphatic carboxylic acids is 1. The molecule has 1 aliphatic carbocycles. The molecule has 1 saturated carbocycles. The maximum Gasteiger partial charge on any atom is 0.320 e. The average molecular weight is 268 g/mol. The Bertz CT molecular complexity index is 369. The third kappa shape index (κ3) is 6.92. The number of nitrogens with zero attached hydrogens (tertiary/aromatic N) is 1. The van der Waals surface area contributed by atoms with Gasteiger partial charge >= 0.3 is 5.97 Å².